The van der Waals surface area contributed by atoms with Gasteiger partial charge in [0.05, 0.1) is 5.69 Å². The monoisotopic (exact) mass is 367 g/mol. The van der Waals surface area contributed by atoms with Gasteiger partial charge in [0.15, 0.2) is 0 Å². The van der Waals surface area contributed by atoms with E-state index < -0.39 is 6.61 Å². The molecule has 2 nitrogen and oxygen atoms in total. The van der Waals surface area contributed by atoms with Crippen LogP contribution in [0.25, 0.3) is 0 Å². The second-order valence-corrected chi connectivity index (χ2v) is 6.16. The molecule has 1 aromatic heterocycles. The number of hydrogen-bond acceptors (Lipinski definition) is 3. The molecule has 19 heavy (non-hydrogen) atoms. The Hall–Kier alpha value is -0.850. The van der Waals surface area contributed by atoms with Gasteiger partial charge in [0.2, 0.25) is 0 Å². The molecule has 0 fully saturated rings. The number of alkyl halides is 2. The SMILES string of the molecule is FC(F)Oc1ccccc1NCc1cc(Br)c(Cl)s1. The molecule has 0 unspecified atom stereocenters. The van der Waals surface area contributed by atoms with E-state index in [9.17, 15) is 8.78 Å². The van der Waals surface area contributed by atoms with Crippen molar-refractivity contribution in [3.63, 3.8) is 0 Å². The first kappa shape index (κ1) is 14.6. The highest BCUT2D eigenvalue weighted by Crippen LogP contribution is 2.33. The topological polar surface area (TPSA) is 21.3 Å². The lowest BCUT2D eigenvalue weighted by Gasteiger charge is -2.11. The molecule has 0 radical (unpaired) electrons. The molecule has 1 N–H and O–H groups in total. The molecule has 1 heterocycles. The molecule has 2 rings (SSSR count). The fourth-order valence-electron chi connectivity index (χ4n) is 1.47. The molecule has 2 aromatic rings. The maximum Gasteiger partial charge on any atom is 0.387 e. The molecule has 0 aliphatic heterocycles. The van der Waals surface area contributed by atoms with E-state index >= 15 is 0 Å². The minimum absolute atomic E-state index is 0.124. The molecular formula is C12H9BrClF2NOS. The summed E-state index contributed by atoms with van der Waals surface area (Å²) in [6.45, 7) is -2.35. The Morgan fingerprint density at radius 1 is 1.37 bits per heavy atom. The molecule has 0 aliphatic rings. The Bertz CT molecular complexity index is 545. The van der Waals surface area contributed by atoms with Gasteiger partial charge in [0.25, 0.3) is 0 Å². The summed E-state index contributed by atoms with van der Waals surface area (Å²) in [6, 6.07) is 8.45. The van der Waals surface area contributed by atoms with Crippen LogP contribution in [-0.2, 0) is 6.54 Å². The van der Waals surface area contributed by atoms with Gasteiger partial charge in [-0.05, 0) is 34.1 Å². The van der Waals surface area contributed by atoms with Crippen molar-refractivity contribution < 1.29 is 13.5 Å². The normalized spacial score (nSPS) is 10.8. The zero-order valence-corrected chi connectivity index (χ0v) is 12.7. The van der Waals surface area contributed by atoms with Crippen LogP contribution in [0.2, 0.25) is 4.34 Å². The van der Waals surface area contributed by atoms with E-state index in [-0.39, 0.29) is 5.75 Å². The average Bonchev–Trinajstić information content (AvgIpc) is 2.67. The number of hydrogen-bond donors (Lipinski definition) is 1. The van der Waals surface area contributed by atoms with Gasteiger partial charge >= 0.3 is 6.61 Å². The lowest BCUT2D eigenvalue weighted by atomic mass is 10.3. The molecule has 0 bridgehead atoms. The molecule has 1 aromatic carbocycles. The van der Waals surface area contributed by atoms with E-state index in [0.717, 1.165) is 9.35 Å². The highest BCUT2D eigenvalue weighted by Gasteiger charge is 2.10. The lowest BCUT2D eigenvalue weighted by molar-refractivity contribution is -0.0493. The molecular weight excluding hydrogens is 360 g/mol. The number of thiophene rings is 1. The number of halogens is 4. The molecule has 102 valence electrons. The molecule has 0 atom stereocenters. The van der Waals surface area contributed by atoms with Crippen molar-refractivity contribution in [1.29, 1.82) is 0 Å². The lowest BCUT2D eigenvalue weighted by Crippen LogP contribution is -2.06. The van der Waals surface area contributed by atoms with E-state index in [1.807, 2.05) is 6.07 Å². The molecule has 0 saturated heterocycles. The first-order valence-corrected chi connectivity index (χ1v) is 7.26. The fraction of sp³-hybridized carbons (Fsp3) is 0.167. The van der Waals surface area contributed by atoms with Crippen molar-refractivity contribution >= 4 is 44.6 Å². The molecule has 0 amide bonds. The fourth-order valence-corrected chi connectivity index (χ4v) is 3.20. The van der Waals surface area contributed by atoms with Gasteiger partial charge in [-0.25, -0.2) is 0 Å². The van der Waals surface area contributed by atoms with Crippen LogP contribution in [0.15, 0.2) is 34.8 Å². The Labute approximate surface area is 126 Å². The summed E-state index contributed by atoms with van der Waals surface area (Å²) in [7, 11) is 0. The van der Waals surface area contributed by atoms with Gasteiger partial charge in [-0.3, -0.25) is 0 Å². The predicted octanol–water partition coefficient (Wildman–Crippen LogP) is 5.38. The van der Waals surface area contributed by atoms with E-state index in [2.05, 4.69) is 26.0 Å². The summed E-state index contributed by atoms with van der Waals surface area (Å²) in [5.74, 6) is 0.124. The van der Waals surface area contributed by atoms with Crippen LogP contribution in [0.5, 0.6) is 5.75 Å². The predicted molar refractivity (Wildman–Crippen MR) is 77.4 cm³/mol. The minimum atomic E-state index is -2.84. The maximum atomic E-state index is 12.2. The molecule has 0 saturated carbocycles. The summed E-state index contributed by atoms with van der Waals surface area (Å²) in [5, 5.41) is 3.05. The van der Waals surface area contributed by atoms with Crippen molar-refractivity contribution in [3.8, 4) is 5.75 Å². The average molecular weight is 369 g/mol. The third kappa shape index (κ3) is 4.06. The summed E-state index contributed by atoms with van der Waals surface area (Å²) in [6.07, 6.45) is 0. The Kier molecular flexibility index (Phi) is 5.01. The Morgan fingerprint density at radius 2 is 2.11 bits per heavy atom. The van der Waals surface area contributed by atoms with Crippen molar-refractivity contribution in [3.05, 3.63) is 44.0 Å². The van der Waals surface area contributed by atoms with Crippen molar-refractivity contribution in [2.24, 2.45) is 0 Å². The van der Waals surface area contributed by atoms with Crippen molar-refractivity contribution in [2.45, 2.75) is 13.2 Å². The number of rotatable bonds is 5. The third-order valence-electron chi connectivity index (χ3n) is 2.25. The standard InChI is InChI=1S/C12H9BrClF2NOS/c13-8-5-7(19-11(8)14)6-17-9-3-1-2-4-10(9)18-12(15)16/h1-5,12,17H,6H2. The largest absolute Gasteiger partial charge is 0.433 e. The smallest absolute Gasteiger partial charge is 0.387 e. The number of anilines is 1. The summed E-state index contributed by atoms with van der Waals surface area (Å²) in [4.78, 5) is 0.990. The van der Waals surface area contributed by atoms with Crippen molar-refractivity contribution in [1.82, 2.24) is 0 Å². The van der Waals surface area contributed by atoms with E-state index in [4.69, 9.17) is 11.6 Å². The highest BCUT2D eigenvalue weighted by atomic mass is 79.9. The number of ether oxygens (including phenoxy) is 1. The maximum absolute atomic E-state index is 12.2. The van der Waals surface area contributed by atoms with Gasteiger partial charge in [-0.2, -0.15) is 8.78 Å². The molecule has 7 heteroatoms. The van der Waals surface area contributed by atoms with Gasteiger partial charge in [0.1, 0.15) is 10.1 Å². The summed E-state index contributed by atoms with van der Waals surface area (Å²) < 4.78 is 30.4. The Morgan fingerprint density at radius 3 is 2.74 bits per heavy atom. The second-order valence-electron chi connectivity index (χ2n) is 3.56. The van der Waals surface area contributed by atoms with Gasteiger partial charge in [-0.1, -0.05) is 23.7 Å². The van der Waals surface area contributed by atoms with Crippen LogP contribution in [-0.4, -0.2) is 6.61 Å². The van der Waals surface area contributed by atoms with Crippen LogP contribution in [0, 0.1) is 0 Å². The Balaban J connectivity index is 2.06. The number of para-hydroxylation sites is 2. The summed E-state index contributed by atoms with van der Waals surface area (Å²) in [5.41, 5.74) is 0.517. The van der Waals surface area contributed by atoms with Crippen LogP contribution >= 0.6 is 38.9 Å². The highest BCUT2D eigenvalue weighted by molar-refractivity contribution is 9.10. The minimum Gasteiger partial charge on any atom is -0.433 e. The van der Waals surface area contributed by atoms with E-state index in [1.165, 1.54) is 17.4 Å². The van der Waals surface area contributed by atoms with Crippen LogP contribution in [0.1, 0.15) is 4.88 Å². The van der Waals surface area contributed by atoms with E-state index in [1.54, 1.807) is 18.2 Å². The third-order valence-corrected chi connectivity index (χ3v) is 4.73. The first-order valence-electron chi connectivity index (χ1n) is 5.27. The summed E-state index contributed by atoms with van der Waals surface area (Å²) >= 11 is 10.7. The van der Waals surface area contributed by atoms with E-state index in [0.29, 0.717) is 16.6 Å². The van der Waals surface area contributed by atoms with Crippen molar-refractivity contribution in [2.75, 3.05) is 5.32 Å². The molecule has 0 spiro atoms. The number of benzene rings is 1. The van der Waals surface area contributed by atoms with Crippen LogP contribution in [0.3, 0.4) is 0 Å². The van der Waals surface area contributed by atoms with Crippen LogP contribution < -0.4 is 10.1 Å². The van der Waals surface area contributed by atoms with Gasteiger partial charge in [0, 0.05) is 15.9 Å². The molecule has 0 aliphatic carbocycles. The second kappa shape index (κ2) is 6.54. The number of nitrogens with one attached hydrogen (secondary N) is 1. The van der Waals surface area contributed by atoms with Gasteiger partial charge in [-0.15, -0.1) is 11.3 Å². The van der Waals surface area contributed by atoms with Crippen LogP contribution in [0.4, 0.5) is 14.5 Å². The zero-order valence-electron chi connectivity index (χ0n) is 9.50. The quantitative estimate of drug-likeness (QED) is 0.765. The zero-order chi connectivity index (χ0) is 13.8. The van der Waals surface area contributed by atoms with Gasteiger partial charge < -0.3 is 10.1 Å². The first-order chi connectivity index (χ1) is 9.06.